The van der Waals surface area contributed by atoms with E-state index in [1.165, 1.54) is 6.33 Å². The minimum atomic E-state index is -0.573. The molecular formula is C18H19N5O5. The first kappa shape index (κ1) is 17.3. The zero-order valence-corrected chi connectivity index (χ0v) is 15.0. The van der Waals surface area contributed by atoms with Crippen LogP contribution in [0.25, 0.3) is 11.2 Å². The third kappa shape index (κ3) is 2.61. The molecule has 0 radical (unpaired) electrons. The van der Waals surface area contributed by atoms with Crippen LogP contribution in [0, 0.1) is 0 Å². The smallest absolute Gasteiger partial charge is 0.185 e. The number of nitrogens with zero attached hydrogens (tertiary/aromatic N) is 4. The normalized spacial score (nSPS) is 29.3. The molecule has 10 nitrogen and oxygen atoms in total. The van der Waals surface area contributed by atoms with Crippen LogP contribution in [0.1, 0.15) is 18.1 Å². The van der Waals surface area contributed by atoms with E-state index in [2.05, 4.69) is 15.0 Å². The number of imidazole rings is 1. The van der Waals surface area contributed by atoms with Crippen LogP contribution in [-0.4, -0.2) is 56.7 Å². The molecule has 0 bridgehead atoms. The molecule has 2 saturated heterocycles. The molecule has 2 aliphatic rings. The van der Waals surface area contributed by atoms with Crippen molar-refractivity contribution < 1.29 is 24.1 Å². The summed E-state index contributed by atoms with van der Waals surface area (Å²) >= 11 is 0. The van der Waals surface area contributed by atoms with Crippen molar-refractivity contribution in [3.8, 4) is 5.75 Å². The number of anilines is 1. The van der Waals surface area contributed by atoms with Crippen molar-refractivity contribution in [2.24, 2.45) is 0 Å². The van der Waals surface area contributed by atoms with Crippen molar-refractivity contribution in [3.63, 3.8) is 0 Å². The quantitative estimate of drug-likeness (QED) is 0.670. The number of aromatic nitrogens is 4. The molecule has 5 rings (SSSR count). The van der Waals surface area contributed by atoms with E-state index in [-0.39, 0.29) is 12.4 Å². The summed E-state index contributed by atoms with van der Waals surface area (Å²) in [4.78, 5) is 12.5. The number of ether oxygens (including phenoxy) is 4. The molecule has 2 aromatic heterocycles. The Balaban J connectivity index is 1.46. The first-order chi connectivity index (χ1) is 13.7. The van der Waals surface area contributed by atoms with Gasteiger partial charge in [-0.15, -0.1) is 0 Å². The highest BCUT2D eigenvalue weighted by Gasteiger charge is 2.53. The van der Waals surface area contributed by atoms with Gasteiger partial charge in [-0.1, -0.05) is 12.1 Å². The van der Waals surface area contributed by atoms with Crippen molar-refractivity contribution in [3.05, 3.63) is 42.5 Å². The number of nitrogen functional groups attached to an aromatic ring is 1. The Morgan fingerprint density at radius 3 is 2.64 bits per heavy atom. The van der Waals surface area contributed by atoms with E-state index in [1.807, 2.05) is 24.3 Å². The van der Waals surface area contributed by atoms with Crippen LogP contribution in [0.5, 0.6) is 5.75 Å². The van der Waals surface area contributed by atoms with Gasteiger partial charge in [0.25, 0.3) is 0 Å². The van der Waals surface area contributed by atoms with Gasteiger partial charge in [0.1, 0.15) is 35.9 Å². The van der Waals surface area contributed by atoms with Crippen molar-refractivity contribution >= 4 is 17.0 Å². The van der Waals surface area contributed by atoms with Crippen LogP contribution in [0.4, 0.5) is 5.82 Å². The fourth-order valence-corrected chi connectivity index (χ4v) is 3.68. The highest BCUT2D eigenvalue weighted by molar-refractivity contribution is 5.81. The first-order valence-corrected chi connectivity index (χ1v) is 8.84. The minimum Gasteiger partial charge on any atom is -0.497 e. The van der Waals surface area contributed by atoms with Gasteiger partial charge in [0.2, 0.25) is 0 Å². The van der Waals surface area contributed by atoms with E-state index in [0.717, 1.165) is 11.3 Å². The summed E-state index contributed by atoms with van der Waals surface area (Å²) in [6.07, 6.45) is 0.408. The molecule has 146 valence electrons. The van der Waals surface area contributed by atoms with Crippen molar-refractivity contribution in [2.45, 2.75) is 30.8 Å². The lowest BCUT2D eigenvalue weighted by Gasteiger charge is -2.20. The van der Waals surface area contributed by atoms with Crippen LogP contribution in [0.2, 0.25) is 0 Å². The Bertz CT molecular complexity index is 994. The predicted molar refractivity (Wildman–Crippen MR) is 96.2 cm³/mol. The fourth-order valence-electron chi connectivity index (χ4n) is 3.68. The molecule has 0 spiro atoms. The van der Waals surface area contributed by atoms with Crippen LogP contribution in [0.3, 0.4) is 0 Å². The highest BCUT2D eigenvalue weighted by Crippen LogP contribution is 2.44. The zero-order chi connectivity index (χ0) is 19.3. The lowest BCUT2D eigenvalue weighted by molar-refractivity contribution is -0.153. The molecular weight excluding hydrogens is 366 g/mol. The molecule has 2 fully saturated rings. The molecule has 0 saturated carbocycles. The van der Waals surface area contributed by atoms with Gasteiger partial charge in [-0.2, -0.15) is 0 Å². The summed E-state index contributed by atoms with van der Waals surface area (Å²) in [7, 11) is 1.61. The summed E-state index contributed by atoms with van der Waals surface area (Å²) in [5.74, 6) is 1.04. The number of aliphatic hydroxyl groups excluding tert-OH is 1. The van der Waals surface area contributed by atoms with E-state index < -0.39 is 30.8 Å². The molecule has 10 heteroatoms. The summed E-state index contributed by atoms with van der Waals surface area (Å²) in [5.41, 5.74) is 7.75. The second kappa shape index (κ2) is 6.67. The summed E-state index contributed by atoms with van der Waals surface area (Å²) in [6.45, 7) is -0.194. The van der Waals surface area contributed by atoms with Gasteiger partial charge in [-0.25, -0.2) is 15.0 Å². The van der Waals surface area contributed by atoms with Gasteiger partial charge in [-0.05, 0) is 12.1 Å². The highest BCUT2D eigenvalue weighted by atomic mass is 16.8. The number of rotatable bonds is 4. The third-order valence-electron chi connectivity index (χ3n) is 5.08. The second-order valence-electron chi connectivity index (χ2n) is 6.64. The minimum absolute atomic E-state index is 0.194. The Morgan fingerprint density at radius 2 is 1.89 bits per heavy atom. The number of fused-ring (bicyclic) bond motifs is 2. The Morgan fingerprint density at radius 1 is 1.11 bits per heavy atom. The van der Waals surface area contributed by atoms with E-state index in [0.29, 0.717) is 11.2 Å². The molecule has 1 aromatic carbocycles. The number of hydrogen-bond donors (Lipinski definition) is 2. The second-order valence-corrected chi connectivity index (χ2v) is 6.64. The predicted octanol–water partition coefficient (Wildman–Crippen LogP) is 0.790. The summed E-state index contributed by atoms with van der Waals surface area (Å²) < 4.78 is 25.2. The maximum Gasteiger partial charge on any atom is 0.185 e. The van der Waals surface area contributed by atoms with Crippen molar-refractivity contribution in [1.82, 2.24) is 19.5 Å². The average Bonchev–Trinajstić information content (AvgIpc) is 3.42. The Hall–Kier alpha value is -2.79. The van der Waals surface area contributed by atoms with E-state index in [1.54, 1.807) is 18.0 Å². The first-order valence-electron chi connectivity index (χ1n) is 8.84. The SMILES string of the molecule is COc1ccc([C@H]2O[C@@H]3[C@H](O2)[C@@H](CO)O[C@H]3n2cnc3c(N)ncnc32)cc1. The number of hydrogen-bond acceptors (Lipinski definition) is 9. The molecule has 0 unspecified atom stereocenters. The maximum absolute atomic E-state index is 9.76. The zero-order valence-electron chi connectivity index (χ0n) is 15.0. The molecule has 2 aliphatic heterocycles. The molecule has 3 aromatic rings. The third-order valence-corrected chi connectivity index (χ3v) is 5.08. The van der Waals surface area contributed by atoms with Crippen LogP contribution in [0.15, 0.2) is 36.9 Å². The topological polar surface area (TPSA) is 127 Å². The van der Waals surface area contributed by atoms with Crippen LogP contribution >= 0.6 is 0 Å². The standard InChI is InChI=1S/C18H19N5O5/c1-25-10-4-2-9(3-5-10)18-27-13-11(6-24)26-17(14(13)28-18)23-8-22-12-15(19)20-7-21-16(12)23/h2-5,7-8,11,13-14,17-18,24H,6H2,1H3,(H2,19,20,21)/t11-,13-,14-,17-,18-/m1/s1. The maximum atomic E-state index is 9.76. The molecule has 0 amide bonds. The molecule has 28 heavy (non-hydrogen) atoms. The van der Waals surface area contributed by atoms with Crippen LogP contribution < -0.4 is 10.5 Å². The van der Waals surface area contributed by atoms with Gasteiger partial charge in [0.05, 0.1) is 20.0 Å². The number of methoxy groups -OCH3 is 1. The Kier molecular flexibility index (Phi) is 4.13. The van der Waals surface area contributed by atoms with E-state index >= 15 is 0 Å². The van der Waals surface area contributed by atoms with Gasteiger partial charge >= 0.3 is 0 Å². The van der Waals surface area contributed by atoms with E-state index in [4.69, 9.17) is 24.7 Å². The molecule has 3 N–H and O–H groups in total. The van der Waals surface area contributed by atoms with Crippen molar-refractivity contribution in [1.29, 1.82) is 0 Å². The lowest BCUT2D eigenvalue weighted by atomic mass is 10.1. The number of nitrogens with two attached hydrogens (primary N) is 1. The van der Waals surface area contributed by atoms with Crippen molar-refractivity contribution in [2.75, 3.05) is 19.5 Å². The average molecular weight is 385 g/mol. The number of aliphatic hydroxyl groups is 1. The molecule has 0 aliphatic carbocycles. The van der Waals surface area contributed by atoms with Gasteiger partial charge in [0, 0.05) is 5.56 Å². The van der Waals surface area contributed by atoms with Gasteiger partial charge in [0.15, 0.2) is 24.0 Å². The summed E-state index contributed by atoms with van der Waals surface area (Å²) in [5, 5.41) is 9.76. The number of benzene rings is 1. The molecule has 5 atom stereocenters. The van der Waals surface area contributed by atoms with Gasteiger partial charge < -0.3 is 29.8 Å². The van der Waals surface area contributed by atoms with Crippen LogP contribution in [-0.2, 0) is 14.2 Å². The van der Waals surface area contributed by atoms with Gasteiger partial charge in [-0.3, -0.25) is 4.57 Å². The fraction of sp³-hybridized carbons (Fsp3) is 0.389. The monoisotopic (exact) mass is 385 g/mol. The largest absolute Gasteiger partial charge is 0.497 e. The lowest BCUT2D eigenvalue weighted by Crippen LogP contribution is -2.30. The summed E-state index contributed by atoms with van der Waals surface area (Å²) in [6, 6.07) is 7.46. The van der Waals surface area contributed by atoms with E-state index in [9.17, 15) is 5.11 Å². The molecule has 4 heterocycles. The Labute approximate surface area is 159 Å².